The third-order valence-electron chi connectivity index (χ3n) is 2.53. The fraction of sp³-hybridized carbons (Fsp3) is 0.231. The van der Waals surface area contributed by atoms with Crippen LogP contribution in [0.5, 0.6) is 0 Å². The molecule has 90 valence electrons. The summed E-state index contributed by atoms with van der Waals surface area (Å²) < 4.78 is 19.3. The highest BCUT2D eigenvalue weighted by atomic mass is 35.5. The molecule has 4 heteroatoms. The van der Waals surface area contributed by atoms with E-state index in [4.69, 9.17) is 16.0 Å². The molecule has 0 amide bonds. The van der Waals surface area contributed by atoms with E-state index in [0.29, 0.717) is 17.9 Å². The monoisotopic (exact) mass is 253 g/mol. The molecule has 2 rings (SSSR count). The molecule has 0 saturated carbocycles. The molecule has 1 N–H and O–H groups in total. The Morgan fingerprint density at radius 3 is 2.82 bits per heavy atom. The molecule has 0 saturated heterocycles. The maximum Gasteiger partial charge on any atom is 0.147 e. The van der Waals surface area contributed by atoms with Gasteiger partial charge in [0.15, 0.2) is 0 Å². The Labute approximate surface area is 104 Å². The molecule has 17 heavy (non-hydrogen) atoms. The molecule has 1 aromatic heterocycles. The lowest BCUT2D eigenvalue weighted by Gasteiger charge is -2.17. The van der Waals surface area contributed by atoms with Crippen molar-refractivity contribution in [2.75, 3.05) is 6.54 Å². The summed E-state index contributed by atoms with van der Waals surface area (Å²) in [6.45, 7) is 2.66. The van der Waals surface area contributed by atoms with Gasteiger partial charge in [-0.3, -0.25) is 0 Å². The van der Waals surface area contributed by atoms with Crippen molar-refractivity contribution in [3.63, 3.8) is 0 Å². The summed E-state index contributed by atoms with van der Waals surface area (Å²) in [5.41, 5.74) is 0.495. The highest BCUT2D eigenvalue weighted by molar-refractivity contribution is 6.30. The van der Waals surface area contributed by atoms with Crippen LogP contribution in [0, 0.1) is 5.82 Å². The van der Waals surface area contributed by atoms with Gasteiger partial charge in [0.25, 0.3) is 0 Å². The van der Waals surface area contributed by atoms with Crippen LogP contribution in [0.3, 0.4) is 0 Å². The average molecular weight is 254 g/mol. The summed E-state index contributed by atoms with van der Waals surface area (Å²) in [6, 6.07) is 8.25. The third kappa shape index (κ3) is 2.51. The first kappa shape index (κ1) is 12.1. The van der Waals surface area contributed by atoms with Crippen LogP contribution in [0.4, 0.5) is 4.39 Å². The van der Waals surface area contributed by atoms with E-state index in [1.165, 1.54) is 6.07 Å². The molecule has 0 fully saturated rings. The van der Waals surface area contributed by atoms with Crippen LogP contribution >= 0.6 is 11.6 Å². The van der Waals surface area contributed by atoms with Gasteiger partial charge in [-0.2, -0.15) is 0 Å². The van der Waals surface area contributed by atoms with E-state index in [2.05, 4.69) is 5.32 Å². The summed E-state index contributed by atoms with van der Waals surface area (Å²) in [7, 11) is 0. The van der Waals surface area contributed by atoms with Gasteiger partial charge in [0.1, 0.15) is 11.6 Å². The van der Waals surface area contributed by atoms with Crippen molar-refractivity contribution in [3.05, 3.63) is 58.8 Å². The maximum atomic E-state index is 14.0. The first-order valence-electron chi connectivity index (χ1n) is 5.44. The van der Waals surface area contributed by atoms with Crippen molar-refractivity contribution in [2.45, 2.75) is 13.0 Å². The van der Waals surface area contributed by atoms with Gasteiger partial charge >= 0.3 is 0 Å². The van der Waals surface area contributed by atoms with Crippen LogP contribution in [0.2, 0.25) is 5.02 Å². The van der Waals surface area contributed by atoms with Gasteiger partial charge in [-0.05, 0) is 24.7 Å². The molecule has 0 bridgehead atoms. The van der Waals surface area contributed by atoms with Crippen molar-refractivity contribution in [2.24, 2.45) is 0 Å². The number of benzene rings is 1. The number of nitrogens with one attached hydrogen (secondary N) is 1. The van der Waals surface area contributed by atoms with Crippen molar-refractivity contribution >= 4 is 11.6 Å². The van der Waals surface area contributed by atoms with Crippen molar-refractivity contribution in [1.82, 2.24) is 5.32 Å². The van der Waals surface area contributed by atoms with E-state index in [1.54, 1.807) is 24.5 Å². The Bertz CT molecular complexity index is 484. The zero-order valence-electron chi connectivity index (χ0n) is 9.41. The van der Waals surface area contributed by atoms with Crippen LogP contribution in [0.25, 0.3) is 0 Å². The second-order valence-corrected chi connectivity index (χ2v) is 4.06. The number of halogens is 2. The molecule has 0 spiro atoms. The Kier molecular flexibility index (Phi) is 3.82. The number of hydrogen-bond acceptors (Lipinski definition) is 2. The Hall–Kier alpha value is -1.32. The normalized spacial score (nSPS) is 12.6. The smallest absolute Gasteiger partial charge is 0.147 e. The lowest BCUT2D eigenvalue weighted by molar-refractivity contribution is 0.442. The first-order valence-corrected chi connectivity index (χ1v) is 5.82. The average Bonchev–Trinajstić information content (AvgIpc) is 2.84. The molecule has 0 aliphatic heterocycles. The van der Waals surface area contributed by atoms with E-state index in [0.717, 1.165) is 0 Å². The summed E-state index contributed by atoms with van der Waals surface area (Å²) >= 11 is 5.79. The van der Waals surface area contributed by atoms with Gasteiger partial charge in [0.2, 0.25) is 0 Å². The fourth-order valence-electron chi connectivity index (χ4n) is 1.77. The SMILES string of the molecule is CCNC(c1ccco1)c1cccc(Cl)c1F. The molecule has 0 radical (unpaired) electrons. The Morgan fingerprint density at radius 1 is 1.35 bits per heavy atom. The van der Waals surface area contributed by atoms with Gasteiger partial charge in [0, 0.05) is 5.56 Å². The van der Waals surface area contributed by atoms with Gasteiger partial charge in [-0.1, -0.05) is 30.7 Å². The fourth-order valence-corrected chi connectivity index (χ4v) is 1.95. The van der Waals surface area contributed by atoms with Crippen molar-refractivity contribution in [1.29, 1.82) is 0 Å². The molecule has 1 atom stereocenters. The molecule has 1 unspecified atom stereocenters. The molecule has 0 aliphatic carbocycles. The number of furan rings is 1. The predicted molar refractivity (Wildman–Crippen MR) is 65.6 cm³/mol. The minimum atomic E-state index is -0.406. The highest BCUT2D eigenvalue weighted by Crippen LogP contribution is 2.28. The largest absolute Gasteiger partial charge is 0.467 e. The van der Waals surface area contributed by atoms with Gasteiger partial charge in [-0.25, -0.2) is 4.39 Å². The van der Waals surface area contributed by atoms with Gasteiger partial charge < -0.3 is 9.73 Å². The minimum absolute atomic E-state index is 0.122. The lowest BCUT2D eigenvalue weighted by Crippen LogP contribution is -2.22. The van der Waals surface area contributed by atoms with Gasteiger partial charge in [0.05, 0.1) is 17.3 Å². The van der Waals surface area contributed by atoms with Crippen molar-refractivity contribution in [3.8, 4) is 0 Å². The van der Waals surface area contributed by atoms with E-state index in [1.807, 2.05) is 13.0 Å². The van der Waals surface area contributed by atoms with Crippen LogP contribution in [0.15, 0.2) is 41.0 Å². The predicted octanol–water partition coefficient (Wildman–Crippen LogP) is 3.77. The summed E-state index contributed by atoms with van der Waals surface area (Å²) in [5.74, 6) is 0.268. The minimum Gasteiger partial charge on any atom is -0.467 e. The van der Waals surface area contributed by atoms with E-state index < -0.39 is 5.82 Å². The molecule has 0 aliphatic rings. The van der Waals surface area contributed by atoms with E-state index >= 15 is 0 Å². The van der Waals surface area contributed by atoms with E-state index in [9.17, 15) is 4.39 Å². The topological polar surface area (TPSA) is 25.2 Å². The van der Waals surface area contributed by atoms with Crippen LogP contribution in [-0.4, -0.2) is 6.54 Å². The highest BCUT2D eigenvalue weighted by Gasteiger charge is 2.20. The number of rotatable bonds is 4. The van der Waals surface area contributed by atoms with Gasteiger partial charge in [-0.15, -0.1) is 0 Å². The Morgan fingerprint density at radius 2 is 2.18 bits per heavy atom. The molecule has 1 aromatic carbocycles. The number of hydrogen-bond donors (Lipinski definition) is 1. The second-order valence-electron chi connectivity index (χ2n) is 3.65. The first-order chi connectivity index (χ1) is 8.24. The zero-order chi connectivity index (χ0) is 12.3. The summed E-state index contributed by atoms with van der Waals surface area (Å²) in [4.78, 5) is 0. The van der Waals surface area contributed by atoms with Crippen LogP contribution in [0.1, 0.15) is 24.3 Å². The van der Waals surface area contributed by atoms with Crippen LogP contribution < -0.4 is 5.32 Å². The quantitative estimate of drug-likeness (QED) is 0.897. The summed E-state index contributed by atoms with van der Waals surface area (Å²) in [6.07, 6.45) is 1.57. The zero-order valence-corrected chi connectivity index (χ0v) is 10.2. The molecule has 1 heterocycles. The Balaban J connectivity index is 2.43. The van der Waals surface area contributed by atoms with Crippen LogP contribution in [-0.2, 0) is 0 Å². The molecule has 2 aromatic rings. The molecule has 2 nitrogen and oxygen atoms in total. The second kappa shape index (κ2) is 5.34. The van der Waals surface area contributed by atoms with E-state index in [-0.39, 0.29) is 11.1 Å². The summed E-state index contributed by atoms with van der Waals surface area (Å²) in [5, 5.41) is 3.30. The lowest BCUT2D eigenvalue weighted by atomic mass is 10.0. The van der Waals surface area contributed by atoms with Crippen molar-refractivity contribution < 1.29 is 8.81 Å². The molecular weight excluding hydrogens is 241 g/mol. The third-order valence-corrected chi connectivity index (χ3v) is 2.82. The molecular formula is C13H13ClFNO. The maximum absolute atomic E-state index is 14.0. The standard InChI is InChI=1S/C13H13ClFNO/c1-2-16-13(11-7-4-8-17-11)9-5-3-6-10(14)12(9)15/h3-8,13,16H,2H2,1H3.